The largest absolute Gasteiger partial charge is 0.271 e. The fourth-order valence-electron chi connectivity index (χ4n) is 3.92. The van der Waals surface area contributed by atoms with Gasteiger partial charge in [0.2, 0.25) is 0 Å². The van der Waals surface area contributed by atoms with Crippen LogP contribution in [0.15, 0.2) is 28.0 Å². The smallest absolute Gasteiger partial charge is 0.268 e. The van der Waals surface area contributed by atoms with Crippen LogP contribution in [0.5, 0.6) is 0 Å². The number of fused-ring (bicyclic) bond motifs is 1. The van der Waals surface area contributed by atoms with Crippen LogP contribution in [0.25, 0.3) is 0 Å². The molecule has 2 aliphatic rings. The summed E-state index contributed by atoms with van der Waals surface area (Å²) in [6.07, 6.45) is 6.95. The van der Waals surface area contributed by atoms with E-state index >= 15 is 0 Å². The molecule has 0 bridgehead atoms. The van der Waals surface area contributed by atoms with E-state index in [1.807, 2.05) is 11.6 Å². The number of hydrogen-bond acceptors (Lipinski definition) is 3. The molecule has 1 saturated carbocycles. The molecule has 2 heterocycles. The zero-order valence-corrected chi connectivity index (χ0v) is 16.2. The summed E-state index contributed by atoms with van der Waals surface area (Å²) in [5, 5.41) is 3.97. The normalized spacial score (nSPS) is 21.2. The lowest BCUT2D eigenvalue weighted by Gasteiger charge is -2.23. The molecule has 0 radical (unpaired) electrons. The van der Waals surface area contributed by atoms with Gasteiger partial charge in [0.25, 0.3) is 5.56 Å². The molecule has 1 atom stereocenters. The van der Waals surface area contributed by atoms with Gasteiger partial charge < -0.3 is 0 Å². The molecule has 138 valence electrons. The van der Waals surface area contributed by atoms with E-state index in [0.29, 0.717) is 16.4 Å². The number of aromatic nitrogens is 2. The van der Waals surface area contributed by atoms with Crippen LogP contribution >= 0.6 is 23.4 Å². The molecule has 0 amide bonds. The van der Waals surface area contributed by atoms with Crippen LogP contribution in [0.3, 0.4) is 0 Å². The Kier molecular flexibility index (Phi) is 4.97. The summed E-state index contributed by atoms with van der Waals surface area (Å²) in [5.41, 5.74) is 1.24. The number of hydrogen-bond donors (Lipinski definition) is 1. The van der Waals surface area contributed by atoms with Crippen molar-refractivity contribution >= 4 is 34.2 Å². The Morgan fingerprint density at radius 1 is 1.27 bits per heavy atom. The van der Waals surface area contributed by atoms with Gasteiger partial charge >= 0.3 is 0 Å². The molecule has 0 spiro atoms. The minimum absolute atomic E-state index is 0.126. The Bertz CT molecular complexity index is 912. The monoisotopic (exact) mass is 393 g/mol. The minimum Gasteiger partial charge on any atom is -0.268 e. The lowest BCUT2D eigenvalue weighted by Crippen LogP contribution is -2.14. The standard InChI is InChI=1S/C19H21ClFN3OS/c1-11-22-18-16(17(26-11)14-9-8-12(21)10-15(14)20)19(25)23-24(18)13-6-4-2-3-5-7-13/h8-10,13,17H,2-7H2,1H3,(H,23,25)/t17-/m1/s1. The van der Waals surface area contributed by atoms with Gasteiger partial charge in [0, 0.05) is 5.02 Å². The molecular weight excluding hydrogens is 373 g/mol. The van der Waals surface area contributed by atoms with Crippen LogP contribution in [-0.4, -0.2) is 14.8 Å². The predicted molar refractivity (Wildman–Crippen MR) is 105 cm³/mol. The van der Waals surface area contributed by atoms with E-state index in [-0.39, 0.29) is 22.7 Å². The lowest BCUT2D eigenvalue weighted by atomic mass is 10.1. The highest BCUT2D eigenvalue weighted by Crippen LogP contribution is 2.46. The van der Waals surface area contributed by atoms with E-state index < -0.39 is 0 Å². The first-order chi connectivity index (χ1) is 12.5. The average molecular weight is 394 g/mol. The van der Waals surface area contributed by atoms with Gasteiger partial charge in [-0.3, -0.25) is 14.6 Å². The average Bonchev–Trinajstić information content (AvgIpc) is 2.77. The van der Waals surface area contributed by atoms with Crippen LogP contribution < -0.4 is 5.56 Å². The Balaban J connectivity index is 1.82. The van der Waals surface area contributed by atoms with Gasteiger partial charge in [0.15, 0.2) is 5.82 Å². The van der Waals surface area contributed by atoms with Crippen molar-refractivity contribution in [1.29, 1.82) is 0 Å². The van der Waals surface area contributed by atoms with E-state index in [2.05, 4.69) is 10.1 Å². The SMILES string of the molecule is CC1=Nc2c(c(=O)[nH]n2C2CCCCCC2)[C@@H](c2ccc(F)cc2Cl)S1. The van der Waals surface area contributed by atoms with Gasteiger partial charge in [0.05, 0.1) is 21.9 Å². The van der Waals surface area contributed by atoms with Crippen LogP contribution in [0.1, 0.15) is 67.9 Å². The van der Waals surface area contributed by atoms with Crippen LogP contribution in [0, 0.1) is 5.82 Å². The van der Waals surface area contributed by atoms with Crippen molar-refractivity contribution in [2.45, 2.75) is 56.7 Å². The van der Waals surface area contributed by atoms with Crippen molar-refractivity contribution in [3.05, 3.63) is 50.5 Å². The van der Waals surface area contributed by atoms with Gasteiger partial charge in [-0.2, -0.15) is 0 Å². The number of nitrogens with zero attached hydrogens (tertiary/aromatic N) is 2. The van der Waals surface area contributed by atoms with Gasteiger partial charge in [0.1, 0.15) is 5.82 Å². The van der Waals surface area contributed by atoms with Crippen molar-refractivity contribution in [2.24, 2.45) is 4.99 Å². The number of rotatable bonds is 2. The zero-order valence-electron chi connectivity index (χ0n) is 14.6. The summed E-state index contributed by atoms with van der Waals surface area (Å²) in [6, 6.07) is 4.63. The number of benzene rings is 1. The number of thioether (sulfide) groups is 1. The molecule has 0 unspecified atom stereocenters. The second-order valence-corrected chi connectivity index (χ2v) is 8.69. The van der Waals surface area contributed by atoms with Gasteiger partial charge in [-0.25, -0.2) is 9.38 Å². The topological polar surface area (TPSA) is 50.1 Å². The van der Waals surface area contributed by atoms with Gasteiger partial charge in [-0.1, -0.05) is 55.1 Å². The highest BCUT2D eigenvalue weighted by atomic mass is 35.5. The van der Waals surface area contributed by atoms with Crippen molar-refractivity contribution in [1.82, 2.24) is 9.78 Å². The van der Waals surface area contributed by atoms with Crippen LogP contribution in [-0.2, 0) is 0 Å². The molecule has 0 saturated heterocycles. The minimum atomic E-state index is -0.380. The van der Waals surface area contributed by atoms with E-state index in [4.69, 9.17) is 11.6 Å². The molecule has 1 aromatic heterocycles. The Morgan fingerprint density at radius 2 is 2.00 bits per heavy atom. The van der Waals surface area contributed by atoms with Crippen molar-refractivity contribution in [2.75, 3.05) is 0 Å². The first-order valence-corrected chi connectivity index (χ1v) is 10.3. The Morgan fingerprint density at radius 3 is 2.69 bits per heavy atom. The third-order valence-corrected chi connectivity index (χ3v) is 6.67. The number of nitrogens with one attached hydrogen (secondary N) is 1. The predicted octanol–water partition coefficient (Wildman–Crippen LogP) is 5.75. The molecule has 1 fully saturated rings. The maximum Gasteiger partial charge on any atom is 0.271 e. The molecule has 26 heavy (non-hydrogen) atoms. The molecular formula is C19H21ClFN3OS. The summed E-state index contributed by atoms with van der Waals surface area (Å²) in [4.78, 5) is 17.5. The maximum atomic E-state index is 13.5. The second kappa shape index (κ2) is 7.24. The van der Waals surface area contributed by atoms with Crippen molar-refractivity contribution in [3.63, 3.8) is 0 Å². The molecule has 4 nitrogen and oxygen atoms in total. The summed E-state index contributed by atoms with van der Waals surface area (Å²) in [7, 11) is 0. The molecule has 1 N–H and O–H groups in total. The molecule has 1 aromatic carbocycles. The molecule has 4 rings (SSSR count). The quantitative estimate of drug-likeness (QED) is 0.660. The first kappa shape index (κ1) is 17.9. The zero-order chi connectivity index (χ0) is 18.3. The second-order valence-electron chi connectivity index (χ2n) is 6.99. The fourth-order valence-corrected chi connectivity index (χ4v) is 5.41. The Hall–Kier alpha value is -1.53. The third-order valence-electron chi connectivity index (χ3n) is 5.18. The van der Waals surface area contributed by atoms with E-state index in [1.165, 1.54) is 49.6 Å². The van der Waals surface area contributed by atoms with Crippen molar-refractivity contribution in [3.8, 4) is 0 Å². The van der Waals surface area contributed by atoms with Crippen LogP contribution in [0.4, 0.5) is 10.2 Å². The van der Waals surface area contributed by atoms with E-state index in [1.54, 1.807) is 6.07 Å². The molecule has 1 aliphatic heterocycles. The molecule has 7 heteroatoms. The maximum absolute atomic E-state index is 13.5. The van der Waals surface area contributed by atoms with E-state index in [9.17, 15) is 9.18 Å². The van der Waals surface area contributed by atoms with E-state index in [0.717, 1.165) is 23.4 Å². The summed E-state index contributed by atoms with van der Waals surface area (Å²) >= 11 is 7.78. The number of H-pyrrole nitrogens is 1. The highest BCUT2D eigenvalue weighted by Gasteiger charge is 2.33. The number of aliphatic imine (C=N–C) groups is 1. The van der Waals surface area contributed by atoms with Gasteiger partial charge in [-0.05, 0) is 37.5 Å². The lowest BCUT2D eigenvalue weighted by molar-refractivity contribution is 0.407. The fraction of sp³-hybridized carbons (Fsp3) is 0.474. The Labute approximate surface area is 160 Å². The van der Waals surface area contributed by atoms with Crippen LogP contribution in [0.2, 0.25) is 5.02 Å². The van der Waals surface area contributed by atoms with Crippen molar-refractivity contribution < 1.29 is 4.39 Å². The molecule has 1 aliphatic carbocycles. The first-order valence-electron chi connectivity index (χ1n) is 9.06. The summed E-state index contributed by atoms with van der Waals surface area (Å²) in [5.74, 6) is 0.332. The summed E-state index contributed by atoms with van der Waals surface area (Å²) < 4.78 is 15.4. The number of aromatic amines is 1. The number of halogens is 2. The summed E-state index contributed by atoms with van der Waals surface area (Å²) in [6.45, 7) is 1.94. The molecule has 2 aromatic rings. The third kappa shape index (κ3) is 3.25. The highest BCUT2D eigenvalue weighted by molar-refractivity contribution is 8.14. The van der Waals surface area contributed by atoms with Gasteiger partial charge in [-0.15, -0.1) is 0 Å².